The number of halogens is 1. The molecule has 0 amide bonds. The molecule has 1 aromatic rings. The van der Waals surface area contributed by atoms with Crippen LogP contribution in [0, 0.1) is 34.5 Å². The van der Waals surface area contributed by atoms with Crippen molar-refractivity contribution in [3.8, 4) is 0 Å². The van der Waals surface area contributed by atoms with Crippen LogP contribution in [-0.4, -0.2) is 72.1 Å². The predicted octanol–water partition coefficient (Wildman–Crippen LogP) is 3.47. The van der Waals surface area contributed by atoms with Gasteiger partial charge in [0.15, 0.2) is 0 Å². The largest absolute Gasteiger partial charge is 0.462 e. The maximum atomic E-state index is 13.5. The van der Waals surface area contributed by atoms with Crippen molar-refractivity contribution in [3.63, 3.8) is 0 Å². The number of methoxy groups -OCH3 is 1. The molecular formula is C29H38ClNO6. The molecule has 8 heteroatoms. The van der Waals surface area contributed by atoms with Gasteiger partial charge in [-0.15, -0.1) is 12.4 Å². The van der Waals surface area contributed by atoms with Crippen molar-refractivity contribution in [1.82, 2.24) is 4.90 Å². The van der Waals surface area contributed by atoms with Gasteiger partial charge in [-0.1, -0.05) is 32.0 Å². The number of esters is 2. The number of rotatable bonds is 4. The second-order valence-electron chi connectivity index (χ2n) is 12.6. The van der Waals surface area contributed by atoms with E-state index in [9.17, 15) is 14.7 Å². The summed E-state index contributed by atoms with van der Waals surface area (Å²) >= 11 is 0. The topological polar surface area (TPSA) is 85.3 Å². The van der Waals surface area contributed by atoms with Crippen molar-refractivity contribution in [2.24, 2.45) is 34.5 Å². The maximum Gasteiger partial charge on any atom is 0.338 e. The van der Waals surface area contributed by atoms with Gasteiger partial charge < -0.3 is 19.3 Å². The molecule has 202 valence electrons. The lowest BCUT2D eigenvalue weighted by atomic mass is 9.42. The van der Waals surface area contributed by atoms with E-state index in [0.717, 1.165) is 32.4 Å². The van der Waals surface area contributed by atoms with Gasteiger partial charge in [0.1, 0.15) is 12.2 Å². The number of hydrogen-bond acceptors (Lipinski definition) is 7. The van der Waals surface area contributed by atoms with Gasteiger partial charge in [0, 0.05) is 36.9 Å². The summed E-state index contributed by atoms with van der Waals surface area (Å²) in [5.41, 5.74) is -1.23. The lowest BCUT2D eigenvalue weighted by Crippen LogP contribution is -2.76. The number of nitrogens with zero attached hydrogens (tertiary/aromatic N) is 1. The zero-order chi connectivity index (χ0) is 25.0. The van der Waals surface area contributed by atoms with Crippen LogP contribution in [0.25, 0.3) is 0 Å². The Labute approximate surface area is 224 Å². The van der Waals surface area contributed by atoms with Crippen molar-refractivity contribution in [2.45, 2.75) is 75.9 Å². The first-order chi connectivity index (χ1) is 17.3. The van der Waals surface area contributed by atoms with Crippen molar-refractivity contribution >= 4 is 24.3 Å². The number of aliphatic hydroxyl groups is 1. The average molecular weight is 532 g/mol. The van der Waals surface area contributed by atoms with Crippen molar-refractivity contribution in [2.75, 3.05) is 20.2 Å². The Morgan fingerprint density at radius 1 is 1.22 bits per heavy atom. The molecule has 7 fully saturated rings. The molecule has 0 aromatic heterocycles. The second kappa shape index (κ2) is 8.41. The molecule has 7 aliphatic rings. The van der Waals surface area contributed by atoms with Gasteiger partial charge in [-0.05, 0) is 62.1 Å². The lowest BCUT2D eigenvalue weighted by molar-refractivity contribution is -0.269. The third-order valence-corrected chi connectivity index (χ3v) is 11.3. The summed E-state index contributed by atoms with van der Waals surface area (Å²) in [5, 5.41) is 12.6. The Bertz CT molecular complexity index is 1100. The molecule has 7 nitrogen and oxygen atoms in total. The first kappa shape index (κ1) is 25.6. The van der Waals surface area contributed by atoms with E-state index in [4.69, 9.17) is 14.2 Å². The molecule has 1 N–H and O–H groups in total. The smallest absolute Gasteiger partial charge is 0.338 e. The Morgan fingerprint density at radius 2 is 1.97 bits per heavy atom. The zero-order valence-corrected chi connectivity index (χ0v) is 22.6. The summed E-state index contributed by atoms with van der Waals surface area (Å²) in [6.07, 6.45) is 3.10. The van der Waals surface area contributed by atoms with Gasteiger partial charge in [0.25, 0.3) is 0 Å². The molecule has 3 aliphatic heterocycles. The van der Waals surface area contributed by atoms with Crippen LogP contribution >= 0.6 is 12.4 Å². The molecule has 9 bridgehead atoms. The average Bonchev–Trinajstić information content (AvgIpc) is 2.92. The quantitative estimate of drug-likeness (QED) is 0.595. The number of ether oxygens (including phenoxy) is 3. The van der Waals surface area contributed by atoms with Crippen LogP contribution in [0.5, 0.6) is 0 Å². The van der Waals surface area contributed by atoms with E-state index < -0.39 is 17.6 Å². The standard InChI is InChI=1S/C29H37NO6.ClH/c1-4-30-15-27(2)12-11-19(34-3)29-18-14-17-10-13-28(33,20(18)26(32)35-17)21(24(29)30)22(23(27)29)36-25(31)16-8-6-5-7-9-16;/h5-9,17-24,33H,4,10-15H2,1-3H3;1H/t17-,18+,19-,20+,21-,22+,23-,24+,27-,28+,29-;/m0./s1. The molecule has 1 spiro atoms. The fraction of sp³-hybridized carbons (Fsp3) is 0.724. The molecule has 0 radical (unpaired) electrons. The Balaban J connectivity index is 0.00000252. The van der Waals surface area contributed by atoms with Gasteiger partial charge in [-0.2, -0.15) is 0 Å². The summed E-state index contributed by atoms with van der Waals surface area (Å²) in [6, 6.07) is 9.13. The minimum atomic E-state index is -1.27. The number of piperidine rings is 1. The van der Waals surface area contributed by atoms with Crippen LogP contribution in [0.1, 0.15) is 56.3 Å². The molecule has 8 rings (SSSR count). The minimum absolute atomic E-state index is 0. The zero-order valence-electron chi connectivity index (χ0n) is 21.8. The molecule has 3 saturated heterocycles. The predicted molar refractivity (Wildman–Crippen MR) is 137 cm³/mol. The Kier molecular flexibility index (Phi) is 5.82. The van der Waals surface area contributed by atoms with Crippen LogP contribution in [0.2, 0.25) is 0 Å². The monoisotopic (exact) mass is 531 g/mol. The Hall–Kier alpha value is -1.67. The van der Waals surface area contributed by atoms with Crippen LogP contribution in [0.4, 0.5) is 0 Å². The van der Waals surface area contributed by atoms with E-state index in [0.29, 0.717) is 18.4 Å². The van der Waals surface area contributed by atoms with E-state index >= 15 is 0 Å². The van der Waals surface area contributed by atoms with Crippen LogP contribution in [0.15, 0.2) is 30.3 Å². The molecule has 11 atom stereocenters. The highest BCUT2D eigenvalue weighted by Crippen LogP contribution is 2.77. The van der Waals surface area contributed by atoms with E-state index in [1.54, 1.807) is 19.2 Å². The first-order valence-corrected chi connectivity index (χ1v) is 13.8. The normalized spacial score (nSPS) is 49.0. The van der Waals surface area contributed by atoms with Gasteiger partial charge in [-0.25, -0.2) is 4.79 Å². The molecule has 1 aromatic carbocycles. The fourth-order valence-corrected chi connectivity index (χ4v) is 10.5. The van der Waals surface area contributed by atoms with Gasteiger partial charge in [-0.3, -0.25) is 9.69 Å². The lowest BCUT2D eigenvalue weighted by Gasteiger charge is -2.69. The molecule has 3 heterocycles. The summed E-state index contributed by atoms with van der Waals surface area (Å²) in [7, 11) is 1.79. The van der Waals surface area contributed by atoms with Crippen molar-refractivity contribution in [3.05, 3.63) is 35.9 Å². The highest BCUT2D eigenvalue weighted by atomic mass is 35.5. The second-order valence-corrected chi connectivity index (χ2v) is 12.6. The SMILES string of the molecule is CCN1C[C@]2(C)CC[C@H](OC)[C@@]34[C@@H]5C[C@@H]6CC[C@](O)([C@@H]([C@@H](OC(=O)c7ccccc7)[C@@H]23)[C@@H]14)[C@H]5C(=O)O6.Cl. The molecule has 4 aliphatic carbocycles. The van der Waals surface area contributed by atoms with E-state index in [1.165, 1.54) is 0 Å². The molecule has 4 saturated carbocycles. The van der Waals surface area contributed by atoms with E-state index in [1.807, 2.05) is 18.2 Å². The fourth-order valence-electron chi connectivity index (χ4n) is 10.5. The first-order valence-electron chi connectivity index (χ1n) is 13.8. The summed E-state index contributed by atoms with van der Waals surface area (Å²) in [4.78, 5) is 29.6. The number of hydrogen-bond donors (Lipinski definition) is 1. The van der Waals surface area contributed by atoms with E-state index in [2.05, 4.69) is 18.7 Å². The number of likely N-dealkylation sites (tertiary alicyclic amines) is 1. The van der Waals surface area contributed by atoms with Crippen LogP contribution < -0.4 is 0 Å². The minimum Gasteiger partial charge on any atom is -0.462 e. The summed E-state index contributed by atoms with van der Waals surface area (Å²) < 4.78 is 18.7. The summed E-state index contributed by atoms with van der Waals surface area (Å²) in [6.45, 7) is 6.29. The van der Waals surface area contributed by atoms with E-state index in [-0.39, 0.29) is 71.2 Å². The number of benzene rings is 1. The Morgan fingerprint density at radius 3 is 2.68 bits per heavy atom. The van der Waals surface area contributed by atoms with Crippen molar-refractivity contribution < 1.29 is 28.9 Å². The molecule has 0 unspecified atom stereocenters. The highest BCUT2D eigenvalue weighted by molar-refractivity contribution is 5.89. The molecule has 37 heavy (non-hydrogen) atoms. The molecular weight excluding hydrogens is 494 g/mol. The van der Waals surface area contributed by atoms with Crippen LogP contribution in [0.3, 0.4) is 0 Å². The summed E-state index contributed by atoms with van der Waals surface area (Å²) in [5.74, 6) is -1.62. The highest BCUT2D eigenvalue weighted by Gasteiger charge is 2.85. The van der Waals surface area contributed by atoms with Gasteiger partial charge >= 0.3 is 11.9 Å². The van der Waals surface area contributed by atoms with Gasteiger partial charge in [0.05, 0.1) is 23.2 Å². The third-order valence-electron chi connectivity index (χ3n) is 11.3. The van der Waals surface area contributed by atoms with Crippen molar-refractivity contribution in [1.29, 1.82) is 0 Å². The number of carbonyl (C=O) groups is 2. The number of carbonyl (C=O) groups excluding carboxylic acids is 2. The van der Waals surface area contributed by atoms with Crippen LogP contribution in [-0.2, 0) is 19.0 Å². The van der Waals surface area contributed by atoms with Gasteiger partial charge in [0.2, 0.25) is 0 Å². The third kappa shape index (κ3) is 3.00. The maximum absolute atomic E-state index is 13.5. The number of fused-ring (bicyclic) bond motifs is 2.